The van der Waals surface area contributed by atoms with E-state index in [9.17, 15) is 0 Å². The molecule has 1 aromatic rings. The molecule has 0 fully saturated rings. The number of hydrogen-bond donors (Lipinski definition) is 1. The molecular formula is C12H17NO. The zero-order chi connectivity index (χ0) is 10.1. The smallest absolute Gasteiger partial charge is 0.123 e. The van der Waals surface area contributed by atoms with Crippen LogP contribution in [0.1, 0.15) is 25.3 Å². The van der Waals surface area contributed by atoms with E-state index in [1.54, 1.807) is 0 Å². The highest BCUT2D eigenvalue weighted by Gasteiger charge is 2.33. The van der Waals surface area contributed by atoms with E-state index in [4.69, 9.17) is 10.5 Å². The van der Waals surface area contributed by atoms with E-state index >= 15 is 0 Å². The first-order valence-electron chi connectivity index (χ1n) is 5.19. The normalized spacial score (nSPS) is 26.8. The van der Waals surface area contributed by atoms with E-state index < -0.39 is 0 Å². The lowest BCUT2D eigenvalue weighted by Crippen LogP contribution is -2.25. The molecule has 0 saturated carbocycles. The summed E-state index contributed by atoms with van der Waals surface area (Å²) in [6, 6.07) is 8.27. The number of benzene rings is 1. The molecule has 0 saturated heterocycles. The molecule has 3 atom stereocenters. The predicted octanol–water partition coefficient (Wildman–Crippen LogP) is 2.15. The molecule has 14 heavy (non-hydrogen) atoms. The van der Waals surface area contributed by atoms with Crippen molar-refractivity contribution in [3.63, 3.8) is 0 Å². The van der Waals surface area contributed by atoms with Gasteiger partial charge in [0, 0.05) is 11.5 Å². The van der Waals surface area contributed by atoms with E-state index in [1.165, 1.54) is 5.56 Å². The van der Waals surface area contributed by atoms with Gasteiger partial charge in [0.2, 0.25) is 0 Å². The Labute approximate surface area is 85.1 Å². The third kappa shape index (κ3) is 1.40. The second kappa shape index (κ2) is 3.62. The molecular weight excluding hydrogens is 174 g/mol. The fourth-order valence-electron chi connectivity index (χ4n) is 2.31. The first-order valence-corrected chi connectivity index (χ1v) is 5.19. The standard InChI is InChI=1S/C12H17NO/c1-8(7-13)12-9(2)14-11-6-4-3-5-10(11)12/h3-6,8-9,12H,7,13H2,1-2H3. The van der Waals surface area contributed by atoms with E-state index in [-0.39, 0.29) is 6.10 Å². The molecule has 1 aliphatic heterocycles. The zero-order valence-electron chi connectivity index (χ0n) is 8.73. The molecule has 2 rings (SSSR count). The Hall–Kier alpha value is -1.02. The first-order chi connectivity index (χ1) is 6.74. The van der Waals surface area contributed by atoms with Crippen LogP contribution in [0.15, 0.2) is 24.3 Å². The molecule has 0 aromatic heterocycles. The largest absolute Gasteiger partial charge is 0.490 e. The summed E-state index contributed by atoms with van der Waals surface area (Å²) in [5, 5.41) is 0. The minimum Gasteiger partial charge on any atom is -0.490 e. The Bertz CT molecular complexity index is 320. The van der Waals surface area contributed by atoms with Gasteiger partial charge < -0.3 is 10.5 Å². The van der Waals surface area contributed by atoms with E-state index in [0.717, 1.165) is 5.75 Å². The molecule has 2 N–H and O–H groups in total. The van der Waals surface area contributed by atoms with Crippen LogP contribution in [0.3, 0.4) is 0 Å². The highest BCUT2D eigenvalue weighted by molar-refractivity contribution is 5.41. The highest BCUT2D eigenvalue weighted by Crippen LogP contribution is 2.41. The van der Waals surface area contributed by atoms with E-state index in [1.807, 2.05) is 12.1 Å². The van der Waals surface area contributed by atoms with Crippen LogP contribution in [-0.4, -0.2) is 12.6 Å². The summed E-state index contributed by atoms with van der Waals surface area (Å²) in [7, 11) is 0. The minimum atomic E-state index is 0.256. The molecule has 0 spiro atoms. The fourth-order valence-corrected chi connectivity index (χ4v) is 2.31. The topological polar surface area (TPSA) is 35.2 Å². The van der Waals surface area contributed by atoms with Crippen molar-refractivity contribution in [1.29, 1.82) is 0 Å². The van der Waals surface area contributed by atoms with E-state index in [0.29, 0.717) is 18.4 Å². The molecule has 2 nitrogen and oxygen atoms in total. The molecule has 0 bridgehead atoms. The van der Waals surface area contributed by atoms with Crippen molar-refractivity contribution in [1.82, 2.24) is 0 Å². The summed E-state index contributed by atoms with van der Waals surface area (Å²) >= 11 is 0. The summed E-state index contributed by atoms with van der Waals surface area (Å²) < 4.78 is 5.79. The Balaban J connectivity index is 2.34. The van der Waals surface area contributed by atoms with Crippen LogP contribution in [0.5, 0.6) is 5.75 Å². The van der Waals surface area contributed by atoms with Crippen LogP contribution >= 0.6 is 0 Å². The molecule has 76 valence electrons. The van der Waals surface area contributed by atoms with Crippen molar-refractivity contribution in [2.24, 2.45) is 11.7 Å². The van der Waals surface area contributed by atoms with Gasteiger partial charge in [-0.05, 0) is 25.5 Å². The monoisotopic (exact) mass is 191 g/mol. The first kappa shape index (κ1) is 9.53. The molecule has 3 unspecified atom stereocenters. The van der Waals surface area contributed by atoms with Gasteiger partial charge in [-0.25, -0.2) is 0 Å². The SMILES string of the molecule is CC(CN)C1c2ccccc2OC1C. The molecule has 0 aliphatic carbocycles. The Morgan fingerprint density at radius 3 is 2.86 bits per heavy atom. The van der Waals surface area contributed by atoms with Crippen molar-refractivity contribution in [3.8, 4) is 5.75 Å². The number of rotatable bonds is 2. The maximum absolute atomic E-state index is 5.79. The summed E-state index contributed by atoms with van der Waals surface area (Å²) in [6.07, 6.45) is 0.256. The van der Waals surface area contributed by atoms with Crippen LogP contribution in [0, 0.1) is 5.92 Å². The summed E-state index contributed by atoms with van der Waals surface area (Å²) in [6.45, 7) is 5.02. The van der Waals surface area contributed by atoms with Gasteiger partial charge in [0.15, 0.2) is 0 Å². The van der Waals surface area contributed by atoms with Crippen molar-refractivity contribution >= 4 is 0 Å². The highest BCUT2D eigenvalue weighted by atomic mass is 16.5. The molecule has 0 amide bonds. The van der Waals surface area contributed by atoms with Gasteiger partial charge in [-0.3, -0.25) is 0 Å². The predicted molar refractivity (Wildman–Crippen MR) is 57.5 cm³/mol. The van der Waals surface area contributed by atoms with Crippen molar-refractivity contribution in [2.75, 3.05) is 6.54 Å². The Morgan fingerprint density at radius 2 is 2.14 bits per heavy atom. The van der Waals surface area contributed by atoms with Gasteiger partial charge in [0.25, 0.3) is 0 Å². The lowest BCUT2D eigenvalue weighted by Gasteiger charge is -2.20. The van der Waals surface area contributed by atoms with Crippen molar-refractivity contribution < 1.29 is 4.74 Å². The van der Waals surface area contributed by atoms with Gasteiger partial charge >= 0.3 is 0 Å². The maximum atomic E-state index is 5.79. The Morgan fingerprint density at radius 1 is 1.43 bits per heavy atom. The van der Waals surface area contributed by atoms with Crippen LogP contribution in [0.4, 0.5) is 0 Å². The van der Waals surface area contributed by atoms with Gasteiger partial charge in [0.1, 0.15) is 11.9 Å². The third-order valence-corrected chi connectivity index (χ3v) is 3.08. The number of para-hydroxylation sites is 1. The fraction of sp³-hybridized carbons (Fsp3) is 0.500. The van der Waals surface area contributed by atoms with Crippen LogP contribution in [0.25, 0.3) is 0 Å². The lowest BCUT2D eigenvalue weighted by atomic mass is 9.85. The van der Waals surface area contributed by atoms with Crippen LogP contribution in [-0.2, 0) is 0 Å². The van der Waals surface area contributed by atoms with Crippen molar-refractivity contribution in [2.45, 2.75) is 25.9 Å². The lowest BCUT2D eigenvalue weighted by molar-refractivity contribution is 0.200. The molecule has 2 heteroatoms. The summed E-state index contributed by atoms with van der Waals surface area (Å²) in [5.74, 6) is 1.97. The number of nitrogens with two attached hydrogens (primary N) is 1. The molecule has 1 heterocycles. The van der Waals surface area contributed by atoms with Crippen LogP contribution in [0.2, 0.25) is 0 Å². The number of fused-ring (bicyclic) bond motifs is 1. The summed E-state index contributed by atoms with van der Waals surface area (Å²) in [5.41, 5.74) is 7.03. The minimum absolute atomic E-state index is 0.256. The average molecular weight is 191 g/mol. The maximum Gasteiger partial charge on any atom is 0.123 e. The molecule has 1 aliphatic rings. The second-order valence-electron chi connectivity index (χ2n) is 4.10. The third-order valence-electron chi connectivity index (χ3n) is 3.08. The van der Waals surface area contributed by atoms with Gasteiger partial charge in [-0.15, -0.1) is 0 Å². The van der Waals surface area contributed by atoms with E-state index in [2.05, 4.69) is 26.0 Å². The number of ether oxygens (including phenoxy) is 1. The Kier molecular flexibility index (Phi) is 2.46. The summed E-state index contributed by atoms with van der Waals surface area (Å²) in [4.78, 5) is 0. The van der Waals surface area contributed by atoms with Crippen LogP contribution < -0.4 is 10.5 Å². The zero-order valence-corrected chi connectivity index (χ0v) is 8.73. The molecule has 0 radical (unpaired) electrons. The van der Waals surface area contributed by atoms with Crippen molar-refractivity contribution in [3.05, 3.63) is 29.8 Å². The molecule has 1 aromatic carbocycles. The van der Waals surface area contributed by atoms with Gasteiger partial charge in [0.05, 0.1) is 0 Å². The van der Waals surface area contributed by atoms with Gasteiger partial charge in [-0.2, -0.15) is 0 Å². The van der Waals surface area contributed by atoms with Gasteiger partial charge in [-0.1, -0.05) is 25.1 Å². The quantitative estimate of drug-likeness (QED) is 0.777. The second-order valence-corrected chi connectivity index (χ2v) is 4.10. The number of hydrogen-bond acceptors (Lipinski definition) is 2. The average Bonchev–Trinajstić information content (AvgIpc) is 2.53.